The molecular formula is C8H10N2O4. The summed E-state index contributed by atoms with van der Waals surface area (Å²) in [4.78, 5) is 27.1. The fraction of sp³-hybridized carbons (Fsp3) is 0.250. The van der Waals surface area contributed by atoms with E-state index in [2.05, 4.69) is 4.84 Å². The van der Waals surface area contributed by atoms with E-state index < -0.39 is 11.5 Å². The van der Waals surface area contributed by atoms with Gasteiger partial charge in [-0.05, 0) is 0 Å². The van der Waals surface area contributed by atoms with Gasteiger partial charge in [0, 0.05) is 6.07 Å². The van der Waals surface area contributed by atoms with Crippen LogP contribution in [0.25, 0.3) is 0 Å². The van der Waals surface area contributed by atoms with E-state index in [0.29, 0.717) is 0 Å². The van der Waals surface area contributed by atoms with Crippen molar-refractivity contribution in [2.75, 3.05) is 14.2 Å². The average Bonchev–Trinajstić information content (AvgIpc) is 2.16. The SMILES string of the molecule is COc1ccn(OC)c(=O)c1C(N)=O. The smallest absolute Gasteiger partial charge is 0.299 e. The van der Waals surface area contributed by atoms with Crippen molar-refractivity contribution in [1.29, 1.82) is 0 Å². The van der Waals surface area contributed by atoms with Crippen LogP contribution in [0.1, 0.15) is 10.4 Å². The van der Waals surface area contributed by atoms with Gasteiger partial charge in [0.05, 0.1) is 13.3 Å². The fourth-order valence-corrected chi connectivity index (χ4v) is 1.04. The molecular weight excluding hydrogens is 188 g/mol. The predicted octanol–water partition coefficient (Wildman–Crippen LogP) is -0.986. The molecule has 0 unspecified atom stereocenters. The molecule has 1 aromatic rings. The molecule has 1 amide bonds. The zero-order valence-electron chi connectivity index (χ0n) is 7.81. The van der Waals surface area contributed by atoms with E-state index in [0.717, 1.165) is 4.73 Å². The standard InChI is InChI=1S/C8H10N2O4/c1-13-5-3-4-10(14-2)8(12)6(5)7(9)11/h3-4H,1-2H3,(H2,9,11). The van der Waals surface area contributed by atoms with Gasteiger partial charge in [0.15, 0.2) is 0 Å². The number of hydrogen-bond acceptors (Lipinski definition) is 4. The van der Waals surface area contributed by atoms with Crippen molar-refractivity contribution in [1.82, 2.24) is 4.73 Å². The van der Waals surface area contributed by atoms with E-state index >= 15 is 0 Å². The van der Waals surface area contributed by atoms with Gasteiger partial charge >= 0.3 is 0 Å². The molecule has 1 aromatic heterocycles. The Labute approximate surface area is 79.8 Å². The van der Waals surface area contributed by atoms with Crippen LogP contribution in [0.3, 0.4) is 0 Å². The van der Waals surface area contributed by atoms with Gasteiger partial charge < -0.3 is 15.3 Å². The molecule has 0 aromatic carbocycles. The minimum atomic E-state index is -0.849. The first-order valence-corrected chi connectivity index (χ1v) is 3.75. The van der Waals surface area contributed by atoms with Crippen LogP contribution < -0.4 is 20.9 Å². The molecule has 0 aliphatic heterocycles. The van der Waals surface area contributed by atoms with Crippen LogP contribution in [-0.4, -0.2) is 24.9 Å². The number of methoxy groups -OCH3 is 1. The van der Waals surface area contributed by atoms with Gasteiger partial charge in [-0.15, -0.1) is 0 Å². The van der Waals surface area contributed by atoms with Crippen molar-refractivity contribution >= 4 is 5.91 Å². The number of primary amides is 1. The van der Waals surface area contributed by atoms with Gasteiger partial charge in [-0.1, -0.05) is 0 Å². The Kier molecular flexibility index (Phi) is 2.76. The molecule has 0 bridgehead atoms. The monoisotopic (exact) mass is 198 g/mol. The molecule has 6 nitrogen and oxygen atoms in total. The fourth-order valence-electron chi connectivity index (χ4n) is 1.04. The average molecular weight is 198 g/mol. The van der Waals surface area contributed by atoms with Crippen LogP contribution in [0, 0.1) is 0 Å². The predicted molar refractivity (Wildman–Crippen MR) is 48.3 cm³/mol. The molecule has 76 valence electrons. The topological polar surface area (TPSA) is 83.6 Å². The molecule has 0 radical (unpaired) electrons. The largest absolute Gasteiger partial charge is 0.496 e. The summed E-state index contributed by atoms with van der Waals surface area (Å²) in [5.74, 6) is -0.714. The zero-order valence-corrected chi connectivity index (χ0v) is 7.81. The number of hydrogen-bond donors (Lipinski definition) is 1. The van der Waals surface area contributed by atoms with Crippen LogP contribution in [0.5, 0.6) is 5.75 Å². The quantitative estimate of drug-likeness (QED) is 0.676. The zero-order chi connectivity index (χ0) is 10.7. The van der Waals surface area contributed by atoms with E-state index in [-0.39, 0.29) is 11.3 Å². The summed E-state index contributed by atoms with van der Waals surface area (Å²) in [6, 6.07) is 1.42. The molecule has 0 aliphatic rings. The maximum Gasteiger partial charge on any atom is 0.299 e. The van der Waals surface area contributed by atoms with Crippen molar-refractivity contribution in [2.24, 2.45) is 5.73 Å². The molecule has 0 atom stereocenters. The summed E-state index contributed by atoms with van der Waals surface area (Å²) in [7, 11) is 2.65. The number of aromatic nitrogens is 1. The van der Waals surface area contributed by atoms with Gasteiger partial charge in [0.2, 0.25) is 0 Å². The summed E-state index contributed by atoms with van der Waals surface area (Å²) in [5.41, 5.74) is 4.16. The van der Waals surface area contributed by atoms with Crippen molar-refractivity contribution in [3.05, 3.63) is 28.2 Å². The number of pyridine rings is 1. The number of carbonyl (C=O) groups excluding carboxylic acids is 1. The van der Waals surface area contributed by atoms with Gasteiger partial charge in [-0.25, -0.2) is 0 Å². The van der Waals surface area contributed by atoms with E-state index in [1.165, 1.54) is 26.5 Å². The van der Waals surface area contributed by atoms with E-state index in [1.54, 1.807) is 0 Å². The first-order valence-electron chi connectivity index (χ1n) is 3.75. The molecule has 2 N–H and O–H groups in total. The lowest BCUT2D eigenvalue weighted by atomic mass is 10.2. The summed E-state index contributed by atoms with van der Waals surface area (Å²) in [6.07, 6.45) is 1.34. The number of ether oxygens (including phenoxy) is 1. The lowest BCUT2D eigenvalue weighted by Crippen LogP contribution is -2.32. The minimum absolute atomic E-state index is 0.135. The number of rotatable bonds is 3. The molecule has 0 spiro atoms. The molecule has 6 heteroatoms. The molecule has 14 heavy (non-hydrogen) atoms. The van der Waals surface area contributed by atoms with Crippen molar-refractivity contribution in [2.45, 2.75) is 0 Å². The lowest BCUT2D eigenvalue weighted by molar-refractivity contribution is 0.0986. The number of nitrogens with zero attached hydrogens (tertiary/aromatic N) is 1. The number of carbonyl (C=O) groups is 1. The number of amides is 1. The van der Waals surface area contributed by atoms with Gasteiger partial charge in [-0.2, -0.15) is 4.73 Å². The Balaban J connectivity index is 3.47. The highest BCUT2D eigenvalue weighted by Gasteiger charge is 2.15. The van der Waals surface area contributed by atoms with E-state index in [1.807, 2.05) is 0 Å². The summed E-state index contributed by atoms with van der Waals surface area (Å²) < 4.78 is 5.71. The second-order valence-corrected chi connectivity index (χ2v) is 2.44. The molecule has 1 rings (SSSR count). The highest BCUT2D eigenvalue weighted by Crippen LogP contribution is 2.11. The summed E-state index contributed by atoms with van der Waals surface area (Å²) >= 11 is 0. The van der Waals surface area contributed by atoms with Crippen LogP contribution >= 0.6 is 0 Å². The van der Waals surface area contributed by atoms with Crippen LogP contribution in [-0.2, 0) is 0 Å². The van der Waals surface area contributed by atoms with Crippen molar-refractivity contribution in [3.8, 4) is 5.75 Å². The van der Waals surface area contributed by atoms with Gasteiger partial charge in [-0.3, -0.25) is 9.59 Å². The van der Waals surface area contributed by atoms with Crippen LogP contribution in [0.2, 0.25) is 0 Å². The third-order valence-corrected chi connectivity index (χ3v) is 1.68. The Morgan fingerprint density at radius 1 is 1.50 bits per heavy atom. The Bertz CT molecular complexity index is 410. The minimum Gasteiger partial charge on any atom is -0.496 e. The maximum absolute atomic E-state index is 11.5. The first kappa shape index (κ1) is 10.1. The van der Waals surface area contributed by atoms with Crippen LogP contribution in [0.4, 0.5) is 0 Å². The van der Waals surface area contributed by atoms with Crippen molar-refractivity contribution < 1.29 is 14.4 Å². The van der Waals surface area contributed by atoms with Gasteiger partial charge in [0.25, 0.3) is 11.5 Å². The third kappa shape index (κ3) is 1.54. The lowest BCUT2D eigenvalue weighted by Gasteiger charge is -2.07. The Hall–Kier alpha value is -1.98. The third-order valence-electron chi connectivity index (χ3n) is 1.68. The van der Waals surface area contributed by atoms with Gasteiger partial charge in [0.1, 0.15) is 18.4 Å². The summed E-state index contributed by atoms with van der Waals surface area (Å²) in [5, 5.41) is 0. The first-order chi connectivity index (χ1) is 6.61. The molecule has 0 saturated heterocycles. The van der Waals surface area contributed by atoms with E-state index in [9.17, 15) is 9.59 Å². The maximum atomic E-state index is 11.5. The molecule has 0 fully saturated rings. The highest BCUT2D eigenvalue weighted by atomic mass is 16.6. The Morgan fingerprint density at radius 2 is 2.14 bits per heavy atom. The molecule has 1 heterocycles. The summed E-state index contributed by atoms with van der Waals surface area (Å²) in [6.45, 7) is 0. The second kappa shape index (κ2) is 3.82. The highest BCUT2D eigenvalue weighted by molar-refractivity contribution is 5.95. The molecule has 0 aliphatic carbocycles. The second-order valence-electron chi connectivity index (χ2n) is 2.44. The number of nitrogens with two attached hydrogens (primary N) is 1. The Morgan fingerprint density at radius 3 is 2.57 bits per heavy atom. The van der Waals surface area contributed by atoms with Crippen LogP contribution in [0.15, 0.2) is 17.1 Å². The van der Waals surface area contributed by atoms with E-state index in [4.69, 9.17) is 10.5 Å². The van der Waals surface area contributed by atoms with Crippen molar-refractivity contribution in [3.63, 3.8) is 0 Å². The molecule has 0 saturated carbocycles. The normalized spacial score (nSPS) is 9.57.